The molecule has 1 aliphatic carbocycles. The van der Waals surface area contributed by atoms with Crippen LogP contribution in [0.1, 0.15) is 32.1 Å². The molecular weight excluding hydrogens is 222 g/mol. The lowest BCUT2D eigenvalue weighted by Crippen LogP contribution is -2.27. The summed E-state index contributed by atoms with van der Waals surface area (Å²) in [6, 6.07) is 9.12. The summed E-state index contributed by atoms with van der Waals surface area (Å²) in [6.45, 7) is 2.18. The van der Waals surface area contributed by atoms with Crippen molar-refractivity contribution in [3.05, 3.63) is 30.6 Å². The first-order valence-corrected chi connectivity index (χ1v) is 7.07. The number of nitrogens with one attached hydrogen (secondary N) is 1. The summed E-state index contributed by atoms with van der Waals surface area (Å²) in [6.07, 6.45) is 8.69. The van der Waals surface area contributed by atoms with E-state index in [0.717, 1.165) is 24.6 Å². The lowest BCUT2D eigenvalue weighted by atomic mass is 10.2. The molecule has 0 atom stereocenters. The zero-order chi connectivity index (χ0) is 12.2. The number of hydrogen-bond donors (Lipinski definition) is 1. The van der Waals surface area contributed by atoms with Crippen molar-refractivity contribution in [1.29, 1.82) is 0 Å². The summed E-state index contributed by atoms with van der Waals surface area (Å²) in [5, 5.41) is 3.66. The van der Waals surface area contributed by atoms with E-state index < -0.39 is 0 Å². The van der Waals surface area contributed by atoms with Crippen LogP contribution in [0.5, 0.6) is 0 Å². The smallest absolute Gasteiger partial charge is 0.0958 e. The number of benzene rings is 1. The van der Waals surface area contributed by atoms with Crippen LogP contribution in [0.3, 0.4) is 0 Å². The quantitative estimate of drug-likeness (QED) is 0.818. The van der Waals surface area contributed by atoms with Crippen molar-refractivity contribution >= 4 is 11.0 Å². The van der Waals surface area contributed by atoms with Crippen molar-refractivity contribution in [3.8, 4) is 0 Å². The molecule has 0 amide bonds. The molecule has 3 nitrogen and oxygen atoms in total. The van der Waals surface area contributed by atoms with Gasteiger partial charge in [0, 0.05) is 12.6 Å². The molecule has 3 heteroatoms. The van der Waals surface area contributed by atoms with Crippen molar-refractivity contribution in [2.24, 2.45) is 0 Å². The minimum absolute atomic E-state index is 0.782. The largest absolute Gasteiger partial charge is 0.331 e. The number of imidazole rings is 1. The third kappa shape index (κ3) is 2.56. The van der Waals surface area contributed by atoms with Crippen LogP contribution < -0.4 is 5.32 Å². The summed E-state index contributed by atoms with van der Waals surface area (Å²) in [5.41, 5.74) is 2.35. The second-order valence-electron chi connectivity index (χ2n) is 5.22. The number of aromatic nitrogens is 2. The average molecular weight is 243 g/mol. The van der Waals surface area contributed by atoms with Gasteiger partial charge in [0.1, 0.15) is 0 Å². The maximum Gasteiger partial charge on any atom is 0.0958 e. The molecule has 0 radical (unpaired) electrons. The fourth-order valence-electron chi connectivity index (χ4n) is 2.87. The number of aryl methyl sites for hydroxylation is 1. The van der Waals surface area contributed by atoms with E-state index in [9.17, 15) is 0 Å². The van der Waals surface area contributed by atoms with Gasteiger partial charge in [-0.3, -0.25) is 0 Å². The second kappa shape index (κ2) is 5.53. The van der Waals surface area contributed by atoms with Crippen LogP contribution in [-0.2, 0) is 6.54 Å². The van der Waals surface area contributed by atoms with Crippen molar-refractivity contribution in [3.63, 3.8) is 0 Å². The van der Waals surface area contributed by atoms with E-state index >= 15 is 0 Å². The van der Waals surface area contributed by atoms with E-state index in [0.29, 0.717) is 0 Å². The molecule has 1 aliphatic rings. The lowest BCUT2D eigenvalue weighted by molar-refractivity contribution is 0.498. The van der Waals surface area contributed by atoms with E-state index in [1.54, 1.807) is 0 Å². The van der Waals surface area contributed by atoms with E-state index in [1.165, 1.54) is 37.6 Å². The number of rotatable bonds is 5. The molecule has 0 saturated heterocycles. The van der Waals surface area contributed by atoms with Gasteiger partial charge in [0.05, 0.1) is 17.4 Å². The van der Waals surface area contributed by atoms with Crippen molar-refractivity contribution in [1.82, 2.24) is 14.9 Å². The Balaban J connectivity index is 1.50. The average Bonchev–Trinajstić information content (AvgIpc) is 3.04. The molecule has 96 valence electrons. The summed E-state index contributed by atoms with van der Waals surface area (Å²) in [5.74, 6) is 0. The van der Waals surface area contributed by atoms with Gasteiger partial charge >= 0.3 is 0 Å². The molecule has 1 N–H and O–H groups in total. The molecular formula is C15H21N3. The fourth-order valence-corrected chi connectivity index (χ4v) is 2.87. The van der Waals surface area contributed by atoms with E-state index in [1.807, 2.05) is 12.4 Å². The third-order valence-electron chi connectivity index (χ3n) is 3.89. The maximum atomic E-state index is 4.42. The molecule has 1 aromatic heterocycles. The van der Waals surface area contributed by atoms with E-state index in [2.05, 4.69) is 33.1 Å². The standard InChI is InChI=1S/C15H21N3/c1-2-7-13(6-1)16-10-5-11-18-12-17-14-8-3-4-9-15(14)18/h3-4,8-9,12-13,16H,1-2,5-7,10-11H2. The molecule has 0 unspecified atom stereocenters. The first-order valence-electron chi connectivity index (χ1n) is 7.07. The van der Waals surface area contributed by atoms with Crippen LogP contribution in [0.15, 0.2) is 30.6 Å². The Labute approximate surface area is 108 Å². The van der Waals surface area contributed by atoms with Gasteiger partial charge in [-0.05, 0) is 37.9 Å². The number of nitrogens with zero attached hydrogens (tertiary/aromatic N) is 2. The summed E-state index contributed by atoms with van der Waals surface area (Å²) >= 11 is 0. The molecule has 0 bridgehead atoms. The number of para-hydroxylation sites is 2. The molecule has 1 fully saturated rings. The highest BCUT2D eigenvalue weighted by molar-refractivity contribution is 5.74. The van der Waals surface area contributed by atoms with Gasteiger partial charge in [0.2, 0.25) is 0 Å². The third-order valence-corrected chi connectivity index (χ3v) is 3.89. The Kier molecular flexibility index (Phi) is 3.60. The van der Waals surface area contributed by atoms with Crippen LogP contribution in [0.25, 0.3) is 11.0 Å². The fraction of sp³-hybridized carbons (Fsp3) is 0.533. The molecule has 18 heavy (non-hydrogen) atoms. The second-order valence-corrected chi connectivity index (χ2v) is 5.22. The summed E-state index contributed by atoms with van der Waals surface area (Å²) < 4.78 is 2.26. The molecule has 1 saturated carbocycles. The molecule has 1 heterocycles. The van der Waals surface area contributed by atoms with Crippen LogP contribution >= 0.6 is 0 Å². The minimum Gasteiger partial charge on any atom is -0.331 e. The van der Waals surface area contributed by atoms with Crippen LogP contribution in [-0.4, -0.2) is 22.1 Å². The van der Waals surface area contributed by atoms with Gasteiger partial charge in [-0.25, -0.2) is 4.98 Å². The Morgan fingerprint density at radius 1 is 1.22 bits per heavy atom. The molecule has 2 aromatic rings. The first kappa shape index (κ1) is 11.7. The highest BCUT2D eigenvalue weighted by Gasteiger charge is 2.13. The monoisotopic (exact) mass is 243 g/mol. The Bertz CT molecular complexity index is 497. The topological polar surface area (TPSA) is 29.9 Å². The minimum atomic E-state index is 0.782. The summed E-state index contributed by atoms with van der Waals surface area (Å²) in [7, 11) is 0. The molecule has 3 rings (SSSR count). The van der Waals surface area contributed by atoms with Gasteiger partial charge in [0.15, 0.2) is 0 Å². The van der Waals surface area contributed by atoms with Gasteiger partial charge in [-0.2, -0.15) is 0 Å². The highest BCUT2D eigenvalue weighted by Crippen LogP contribution is 2.17. The predicted octanol–water partition coefficient (Wildman–Crippen LogP) is 2.96. The zero-order valence-electron chi connectivity index (χ0n) is 10.8. The van der Waals surface area contributed by atoms with Gasteiger partial charge < -0.3 is 9.88 Å². The van der Waals surface area contributed by atoms with Gasteiger partial charge in [-0.1, -0.05) is 25.0 Å². The van der Waals surface area contributed by atoms with Gasteiger partial charge in [0.25, 0.3) is 0 Å². The first-order chi connectivity index (χ1) is 8.93. The van der Waals surface area contributed by atoms with Crippen molar-refractivity contribution in [2.75, 3.05) is 6.54 Å². The Morgan fingerprint density at radius 2 is 2.06 bits per heavy atom. The zero-order valence-corrected chi connectivity index (χ0v) is 10.8. The predicted molar refractivity (Wildman–Crippen MR) is 74.6 cm³/mol. The van der Waals surface area contributed by atoms with Crippen LogP contribution in [0.4, 0.5) is 0 Å². The van der Waals surface area contributed by atoms with E-state index in [4.69, 9.17) is 0 Å². The van der Waals surface area contributed by atoms with E-state index in [-0.39, 0.29) is 0 Å². The Hall–Kier alpha value is -1.35. The number of fused-ring (bicyclic) bond motifs is 1. The lowest BCUT2D eigenvalue weighted by Gasteiger charge is -2.11. The van der Waals surface area contributed by atoms with Crippen molar-refractivity contribution in [2.45, 2.75) is 44.7 Å². The molecule has 0 aliphatic heterocycles. The van der Waals surface area contributed by atoms with Crippen LogP contribution in [0, 0.1) is 0 Å². The van der Waals surface area contributed by atoms with Crippen molar-refractivity contribution < 1.29 is 0 Å². The maximum absolute atomic E-state index is 4.42. The molecule has 1 aromatic carbocycles. The van der Waals surface area contributed by atoms with Gasteiger partial charge in [-0.15, -0.1) is 0 Å². The van der Waals surface area contributed by atoms with Crippen LogP contribution in [0.2, 0.25) is 0 Å². The SMILES string of the molecule is c1ccc2c(c1)ncn2CCCNC1CCCC1. The highest BCUT2D eigenvalue weighted by atomic mass is 15.0. The Morgan fingerprint density at radius 3 is 2.94 bits per heavy atom. The number of hydrogen-bond acceptors (Lipinski definition) is 2. The summed E-state index contributed by atoms with van der Waals surface area (Å²) in [4.78, 5) is 4.42. The molecule has 0 spiro atoms. The normalized spacial score (nSPS) is 16.7.